The van der Waals surface area contributed by atoms with Crippen LogP contribution in [0.5, 0.6) is 11.5 Å². The maximum Gasteiger partial charge on any atom is 0.199 e. The molecule has 0 aromatic heterocycles. The molecule has 33 heavy (non-hydrogen) atoms. The molecule has 4 rings (SSSR count). The Hall–Kier alpha value is -2.59. The van der Waals surface area contributed by atoms with Gasteiger partial charge >= 0.3 is 0 Å². The van der Waals surface area contributed by atoms with Crippen molar-refractivity contribution < 1.29 is 45.7 Å². The number of hydrogen-bond donors (Lipinski definition) is 1. The number of rotatable bonds is 2. The summed E-state index contributed by atoms with van der Waals surface area (Å²) in [6, 6.07) is 2.63. The molecule has 2 aliphatic rings. The highest BCUT2D eigenvalue weighted by atomic mass is 35.5. The molecule has 2 aromatic carbocycles. The molecule has 4 nitrogen and oxygen atoms in total. The van der Waals surface area contributed by atoms with E-state index in [2.05, 4.69) is 0 Å². The summed E-state index contributed by atoms with van der Waals surface area (Å²) in [5, 5.41) is 8.47. The van der Waals surface area contributed by atoms with Crippen LogP contribution in [0.1, 0.15) is 32.1 Å². The van der Waals surface area contributed by atoms with E-state index in [1.807, 2.05) is 6.08 Å². The summed E-state index contributed by atoms with van der Waals surface area (Å²) in [6.07, 6.45) is 8.26. The fourth-order valence-corrected chi connectivity index (χ4v) is 2.59. The van der Waals surface area contributed by atoms with Crippen LogP contribution in [-0.2, 0) is 9.47 Å². The quantitative estimate of drug-likeness (QED) is 0.375. The minimum Gasteiger partial charge on any atom is -0.508 e. The van der Waals surface area contributed by atoms with Gasteiger partial charge in [0, 0.05) is 30.7 Å². The van der Waals surface area contributed by atoms with Crippen LogP contribution < -0.4 is 4.74 Å². The Balaban J connectivity index is 0.000000273. The highest BCUT2D eigenvalue weighted by Crippen LogP contribution is 2.23. The molecule has 2 aliphatic heterocycles. The molecule has 1 N–H and O–H groups in total. The molecule has 0 bridgehead atoms. The van der Waals surface area contributed by atoms with E-state index in [4.69, 9.17) is 19.3 Å². The largest absolute Gasteiger partial charge is 0.508 e. The lowest BCUT2D eigenvalue weighted by atomic mass is 10.2. The molecule has 1 atom stereocenters. The number of hydrogen-bond acceptors (Lipinski definition) is 4. The number of aromatic hydroxyl groups is 1. The second-order valence-corrected chi connectivity index (χ2v) is 6.72. The van der Waals surface area contributed by atoms with Gasteiger partial charge in [0.2, 0.25) is 0 Å². The lowest BCUT2D eigenvalue weighted by molar-refractivity contribution is -0.106. The number of benzene rings is 2. The highest BCUT2D eigenvalue weighted by molar-refractivity contribution is 5.85. The summed E-state index contributed by atoms with van der Waals surface area (Å²) in [5.74, 6) is -9.04. The van der Waals surface area contributed by atoms with Gasteiger partial charge in [0.1, 0.15) is 11.5 Å². The lowest BCUT2D eigenvalue weighted by Gasteiger charge is -2.23. The molecule has 1 saturated heterocycles. The number of halogens is 7. The van der Waals surface area contributed by atoms with Crippen molar-refractivity contribution in [3.05, 3.63) is 71.5 Å². The smallest absolute Gasteiger partial charge is 0.199 e. The van der Waals surface area contributed by atoms with Crippen molar-refractivity contribution in [3.8, 4) is 11.5 Å². The number of allylic oxidation sites excluding steroid dienone is 1. The van der Waals surface area contributed by atoms with Crippen LogP contribution in [0.15, 0.2) is 36.6 Å². The fraction of sp³-hybridized carbons (Fsp3) is 0.364. The second kappa shape index (κ2) is 14.5. The molecule has 0 aliphatic carbocycles. The Labute approximate surface area is 193 Å². The zero-order valence-corrected chi connectivity index (χ0v) is 18.2. The standard InChI is InChI=1S/C11H11F3O2.C6H3F3O.C5H8O.ClH/c12-8-5-7(6-9(13)11(8)14)16-10-3-1-2-4-15-10;7-4-1-3(10)2-5(8)6(4)9;1-2-4-6-5-3-1;/h5-6,10H,1-4H2;1-2,10H;2,4H,1,3,5H2;1H. The van der Waals surface area contributed by atoms with Crippen LogP contribution in [0.25, 0.3) is 0 Å². The molecular weight excluding hydrogens is 478 g/mol. The summed E-state index contributed by atoms with van der Waals surface area (Å²) in [4.78, 5) is 0. The maximum absolute atomic E-state index is 12.9. The molecule has 0 saturated carbocycles. The third kappa shape index (κ3) is 9.83. The Kier molecular flexibility index (Phi) is 12.5. The van der Waals surface area contributed by atoms with Crippen molar-refractivity contribution in [1.29, 1.82) is 0 Å². The molecule has 0 radical (unpaired) electrons. The summed E-state index contributed by atoms with van der Waals surface area (Å²) in [7, 11) is 0. The van der Waals surface area contributed by atoms with Gasteiger partial charge in [0.05, 0.1) is 19.5 Å². The third-order valence-corrected chi connectivity index (χ3v) is 4.16. The van der Waals surface area contributed by atoms with E-state index >= 15 is 0 Å². The van der Waals surface area contributed by atoms with Gasteiger partial charge in [-0.3, -0.25) is 0 Å². The third-order valence-electron chi connectivity index (χ3n) is 4.16. The monoisotopic (exact) mass is 500 g/mol. The van der Waals surface area contributed by atoms with Crippen molar-refractivity contribution in [3.63, 3.8) is 0 Å². The van der Waals surface area contributed by atoms with Crippen LogP contribution >= 0.6 is 12.4 Å². The van der Waals surface area contributed by atoms with Crippen LogP contribution in [0.2, 0.25) is 0 Å². The molecule has 2 aromatic rings. The maximum atomic E-state index is 12.9. The molecule has 0 spiro atoms. The second-order valence-electron chi connectivity index (χ2n) is 6.72. The summed E-state index contributed by atoms with van der Waals surface area (Å²) in [5.41, 5.74) is 0. The minimum absolute atomic E-state index is 0. The van der Waals surface area contributed by atoms with Crippen LogP contribution in [0, 0.1) is 34.9 Å². The highest BCUT2D eigenvalue weighted by Gasteiger charge is 2.18. The Morgan fingerprint density at radius 3 is 1.76 bits per heavy atom. The van der Waals surface area contributed by atoms with Crippen LogP contribution in [0.3, 0.4) is 0 Å². The Morgan fingerprint density at radius 2 is 1.36 bits per heavy atom. The van der Waals surface area contributed by atoms with E-state index in [0.29, 0.717) is 25.2 Å². The van der Waals surface area contributed by atoms with Gasteiger partial charge in [0.15, 0.2) is 41.2 Å². The Morgan fingerprint density at radius 1 is 0.788 bits per heavy atom. The first-order chi connectivity index (χ1) is 15.3. The normalized spacial score (nSPS) is 16.7. The molecule has 2 heterocycles. The van der Waals surface area contributed by atoms with Gasteiger partial charge in [-0.25, -0.2) is 26.3 Å². The first-order valence-corrected chi connectivity index (χ1v) is 9.81. The van der Waals surface area contributed by atoms with Crippen molar-refractivity contribution in [1.82, 2.24) is 0 Å². The SMILES string of the molecule is C1=COCCC1.Cl.Fc1cc(OC2CCCCO2)cc(F)c1F.Oc1cc(F)c(F)c(F)c1. The minimum atomic E-state index is -1.57. The van der Waals surface area contributed by atoms with Crippen molar-refractivity contribution in [2.24, 2.45) is 0 Å². The van der Waals surface area contributed by atoms with Gasteiger partial charge in [-0.15, -0.1) is 12.4 Å². The van der Waals surface area contributed by atoms with Crippen molar-refractivity contribution in [2.75, 3.05) is 13.2 Å². The van der Waals surface area contributed by atoms with Gasteiger partial charge in [-0.1, -0.05) is 0 Å². The van der Waals surface area contributed by atoms with Crippen LogP contribution in [-0.4, -0.2) is 24.6 Å². The van der Waals surface area contributed by atoms with Gasteiger partial charge in [-0.2, -0.15) is 0 Å². The summed E-state index contributed by atoms with van der Waals surface area (Å²) >= 11 is 0. The Bertz CT molecular complexity index is 852. The van der Waals surface area contributed by atoms with Gasteiger partial charge in [-0.05, 0) is 31.8 Å². The molecule has 0 amide bonds. The molecule has 1 unspecified atom stereocenters. The predicted octanol–water partition coefficient (Wildman–Crippen LogP) is 6.55. The molecule has 184 valence electrons. The molecular formula is C22H23ClF6O4. The van der Waals surface area contributed by atoms with E-state index in [1.165, 1.54) is 12.8 Å². The first kappa shape index (κ1) is 28.4. The zero-order chi connectivity index (χ0) is 23.5. The lowest BCUT2D eigenvalue weighted by Crippen LogP contribution is -2.25. The van der Waals surface area contributed by atoms with Gasteiger partial charge in [0.25, 0.3) is 0 Å². The number of phenols is 1. The van der Waals surface area contributed by atoms with Crippen LogP contribution in [0.4, 0.5) is 26.3 Å². The predicted molar refractivity (Wildman–Crippen MR) is 110 cm³/mol. The number of ether oxygens (including phenoxy) is 3. The van der Waals surface area contributed by atoms with Gasteiger partial charge < -0.3 is 19.3 Å². The molecule has 11 heteroatoms. The van der Waals surface area contributed by atoms with E-state index in [0.717, 1.165) is 31.6 Å². The van der Waals surface area contributed by atoms with E-state index < -0.39 is 46.9 Å². The first-order valence-electron chi connectivity index (χ1n) is 9.81. The summed E-state index contributed by atoms with van der Waals surface area (Å²) in [6.45, 7) is 1.48. The average molecular weight is 501 g/mol. The van der Waals surface area contributed by atoms with Crippen molar-refractivity contribution >= 4 is 12.4 Å². The van der Waals surface area contributed by atoms with E-state index in [9.17, 15) is 26.3 Å². The molecule has 1 fully saturated rings. The number of phenolic OH excluding ortho intramolecular Hbond substituents is 1. The topological polar surface area (TPSA) is 47.9 Å². The fourth-order valence-electron chi connectivity index (χ4n) is 2.59. The van der Waals surface area contributed by atoms with E-state index in [1.54, 1.807) is 6.26 Å². The van der Waals surface area contributed by atoms with Crippen molar-refractivity contribution in [2.45, 2.75) is 38.4 Å². The van der Waals surface area contributed by atoms with E-state index in [-0.39, 0.29) is 18.2 Å². The zero-order valence-electron chi connectivity index (χ0n) is 17.3. The summed E-state index contributed by atoms with van der Waals surface area (Å²) < 4.78 is 89.9. The average Bonchev–Trinajstić information content (AvgIpc) is 2.78.